The lowest BCUT2D eigenvalue weighted by Crippen LogP contribution is -2.40. The first kappa shape index (κ1) is 12.0. The van der Waals surface area contributed by atoms with E-state index in [-0.39, 0.29) is 17.8 Å². The molecule has 18 heavy (non-hydrogen) atoms. The van der Waals surface area contributed by atoms with Crippen LogP contribution in [0.1, 0.15) is 15.9 Å². The van der Waals surface area contributed by atoms with Crippen LogP contribution >= 0.6 is 0 Å². The zero-order chi connectivity index (χ0) is 13.3. The first-order chi connectivity index (χ1) is 8.49. The second-order valence-electron chi connectivity index (χ2n) is 3.97. The van der Waals surface area contributed by atoms with Gasteiger partial charge in [-0.05, 0) is 12.0 Å². The number of hydrogen-bond acceptors (Lipinski definition) is 4. The van der Waals surface area contributed by atoms with Crippen LogP contribution in [0, 0.1) is 10.1 Å². The fraction of sp³-hybridized carbons (Fsp3) is 0.273. The number of fused-ring (bicyclic) bond motifs is 1. The summed E-state index contributed by atoms with van der Waals surface area (Å²) < 4.78 is 0. The summed E-state index contributed by atoms with van der Waals surface area (Å²) in [6, 6.07) is 4.09. The molecule has 0 bridgehead atoms. The normalized spacial score (nSPS) is 14.2. The Morgan fingerprint density at radius 2 is 2.22 bits per heavy atom. The van der Waals surface area contributed by atoms with Gasteiger partial charge in [-0.3, -0.25) is 19.7 Å². The number of rotatable bonds is 3. The number of nitrogens with zero attached hydrogens (tertiary/aromatic N) is 2. The number of benzene rings is 1. The minimum atomic E-state index is -1.10. The van der Waals surface area contributed by atoms with Gasteiger partial charge in [-0.25, -0.2) is 0 Å². The number of carboxylic acid groups (broad SMARTS) is 1. The van der Waals surface area contributed by atoms with Gasteiger partial charge >= 0.3 is 5.97 Å². The molecule has 1 amide bonds. The highest BCUT2D eigenvalue weighted by atomic mass is 16.6. The van der Waals surface area contributed by atoms with Crippen LogP contribution < -0.4 is 0 Å². The van der Waals surface area contributed by atoms with E-state index in [9.17, 15) is 19.7 Å². The fourth-order valence-corrected chi connectivity index (χ4v) is 1.94. The molecule has 1 aromatic carbocycles. The summed E-state index contributed by atoms with van der Waals surface area (Å²) in [6.45, 7) is -0.0725. The van der Waals surface area contributed by atoms with Crippen molar-refractivity contribution in [1.29, 1.82) is 0 Å². The van der Waals surface area contributed by atoms with Crippen LogP contribution in [0.2, 0.25) is 0 Å². The van der Waals surface area contributed by atoms with Crippen molar-refractivity contribution in [3.8, 4) is 0 Å². The Bertz CT molecular complexity index is 540. The zero-order valence-electron chi connectivity index (χ0n) is 9.33. The third-order valence-electron chi connectivity index (χ3n) is 2.80. The standard InChI is InChI=1S/C11H10N2O5/c14-10(15)6-12-4-3-7-1-2-8(13(17)18)5-9(7)11(12)16/h1-2,5H,3-4,6H2,(H,14,15). The van der Waals surface area contributed by atoms with Crippen molar-refractivity contribution in [3.63, 3.8) is 0 Å². The van der Waals surface area contributed by atoms with Crippen LogP contribution in [0.4, 0.5) is 5.69 Å². The maximum atomic E-state index is 12.0. The molecule has 0 spiro atoms. The topological polar surface area (TPSA) is 101 Å². The number of nitro groups is 1. The van der Waals surface area contributed by atoms with Gasteiger partial charge in [0.25, 0.3) is 11.6 Å². The zero-order valence-corrected chi connectivity index (χ0v) is 9.33. The Labute approximate surface area is 102 Å². The van der Waals surface area contributed by atoms with Gasteiger partial charge in [-0.1, -0.05) is 6.07 Å². The van der Waals surface area contributed by atoms with Crippen LogP contribution in [0.25, 0.3) is 0 Å². The molecule has 1 aliphatic heterocycles. The van der Waals surface area contributed by atoms with Gasteiger partial charge < -0.3 is 10.0 Å². The van der Waals surface area contributed by atoms with E-state index in [0.29, 0.717) is 18.5 Å². The van der Waals surface area contributed by atoms with Crippen molar-refractivity contribution in [2.75, 3.05) is 13.1 Å². The van der Waals surface area contributed by atoms with E-state index in [1.165, 1.54) is 17.0 Å². The van der Waals surface area contributed by atoms with Crippen molar-refractivity contribution >= 4 is 17.6 Å². The van der Waals surface area contributed by atoms with Gasteiger partial charge in [0.05, 0.1) is 4.92 Å². The van der Waals surface area contributed by atoms with E-state index >= 15 is 0 Å². The molecule has 0 aromatic heterocycles. The van der Waals surface area contributed by atoms with Crippen LogP contribution in [0.15, 0.2) is 18.2 Å². The lowest BCUT2D eigenvalue weighted by atomic mass is 9.98. The van der Waals surface area contributed by atoms with Crippen LogP contribution in [-0.4, -0.2) is 39.9 Å². The second kappa shape index (κ2) is 4.44. The quantitative estimate of drug-likeness (QED) is 0.627. The number of carbonyl (C=O) groups excluding carboxylic acids is 1. The molecular formula is C11H10N2O5. The maximum Gasteiger partial charge on any atom is 0.323 e. The molecule has 7 heteroatoms. The molecule has 1 aromatic rings. The first-order valence-electron chi connectivity index (χ1n) is 5.27. The molecule has 1 aliphatic rings. The Morgan fingerprint density at radius 3 is 2.83 bits per heavy atom. The molecule has 0 saturated carbocycles. The van der Waals surface area contributed by atoms with Crippen molar-refractivity contribution in [1.82, 2.24) is 4.90 Å². The van der Waals surface area contributed by atoms with Crippen LogP contribution in [0.3, 0.4) is 0 Å². The number of nitro benzene ring substituents is 1. The minimum absolute atomic E-state index is 0.167. The lowest BCUT2D eigenvalue weighted by Gasteiger charge is -2.26. The predicted molar refractivity (Wildman–Crippen MR) is 60.3 cm³/mol. The van der Waals surface area contributed by atoms with E-state index in [1.54, 1.807) is 6.07 Å². The number of aliphatic carboxylic acids is 1. The van der Waals surface area contributed by atoms with Crippen LogP contribution in [0.5, 0.6) is 0 Å². The summed E-state index contributed by atoms with van der Waals surface area (Å²) >= 11 is 0. The Balaban J connectivity index is 2.35. The monoisotopic (exact) mass is 250 g/mol. The SMILES string of the molecule is O=C(O)CN1CCc2ccc([N+](=O)[O-])cc2C1=O. The summed E-state index contributed by atoms with van der Waals surface area (Å²) in [6.07, 6.45) is 0.506. The summed E-state index contributed by atoms with van der Waals surface area (Å²) in [4.78, 5) is 33.8. The number of carboxylic acids is 1. The van der Waals surface area contributed by atoms with Gasteiger partial charge in [0.15, 0.2) is 0 Å². The number of carbonyl (C=O) groups is 2. The van der Waals surface area contributed by atoms with Crippen molar-refractivity contribution in [2.24, 2.45) is 0 Å². The Hall–Kier alpha value is -2.44. The first-order valence-corrected chi connectivity index (χ1v) is 5.27. The Morgan fingerprint density at radius 1 is 1.50 bits per heavy atom. The van der Waals surface area contributed by atoms with Gasteiger partial charge in [0.1, 0.15) is 6.54 Å². The number of amides is 1. The third kappa shape index (κ3) is 2.15. The summed E-state index contributed by atoms with van der Waals surface area (Å²) in [7, 11) is 0. The largest absolute Gasteiger partial charge is 0.480 e. The van der Waals surface area contributed by atoms with E-state index in [2.05, 4.69) is 0 Å². The Kier molecular flexibility index (Phi) is 2.97. The molecular weight excluding hydrogens is 240 g/mol. The molecule has 0 saturated heterocycles. The molecule has 0 unspecified atom stereocenters. The number of non-ortho nitro benzene ring substituents is 1. The molecule has 1 N–H and O–H groups in total. The summed E-state index contributed by atoms with van der Waals surface area (Å²) in [5, 5.41) is 19.3. The molecule has 2 rings (SSSR count). The van der Waals surface area contributed by atoms with Crippen LogP contribution in [-0.2, 0) is 11.2 Å². The predicted octanol–water partition coefficient (Wildman–Crippen LogP) is 0.678. The summed E-state index contributed by atoms with van der Waals surface area (Å²) in [5.74, 6) is -1.57. The molecule has 94 valence electrons. The van der Waals surface area contributed by atoms with E-state index < -0.39 is 16.8 Å². The number of hydrogen-bond donors (Lipinski definition) is 1. The van der Waals surface area contributed by atoms with Crippen molar-refractivity contribution in [2.45, 2.75) is 6.42 Å². The fourth-order valence-electron chi connectivity index (χ4n) is 1.94. The average molecular weight is 250 g/mol. The highest BCUT2D eigenvalue weighted by Crippen LogP contribution is 2.23. The second-order valence-corrected chi connectivity index (χ2v) is 3.97. The lowest BCUT2D eigenvalue weighted by molar-refractivity contribution is -0.384. The minimum Gasteiger partial charge on any atom is -0.480 e. The molecule has 0 radical (unpaired) electrons. The average Bonchev–Trinajstić information content (AvgIpc) is 2.32. The molecule has 0 aliphatic carbocycles. The molecule has 0 fully saturated rings. The van der Waals surface area contributed by atoms with E-state index in [4.69, 9.17) is 5.11 Å². The van der Waals surface area contributed by atoms with Crippen molar-refractivity contribution < 1.29 is 19.6 Å². The van der Waals surface area contributed by atoms with Crippen molar-refractivity contribution in [3.05, 3.63) is 39.4 Å². The van der Waals surface area contributed by atoms with Gasteiger partial charge in [-0.2, -0.15) is 0 Å². The third-order valence-corrected chi connectivity index (χ3v) is 2.80. The van der Waals surface area contributed by atoms with Gasteiger partial charge in [-0.15, -0.1) is 0 Å². The smallest absolute Gasteiger partial charge is 0.323 e. The molecule has 0 atom stereocenters. The van der Waals surface area contributed by atoms with Gasteiger partial charge in [0, 0.05) is 24.2 Å². The molecule has 7 nitrogen and oxygen atoms in total. The van der Waals surface area contributed by atoms with E-state index in [1.807, 2.05) is 0 Å². The highest BCUT2D eigenvalue weighted by molar-refractivity contribution is 5.98. The highest BCUT2D eigenvalue weighted by Gasteiger charge is 2.27. The maximum absolute atomic E-state index is 12.0. The van der Waals surface area contributed by atoms with E-state index in [0.717, 1.165) is 0 Å². The summed E-state index contributed by atoms with van der Waals surface area (Å²) in [5.41, 5.74) is 0.767. The van der Waals surface area contributed by atoms with Gasteiger partial charge in [0.2, 0.25) is 0 Å². The molecule has 1 heterocycles.